The molecular weight excluding hydrogens is 326 g/mol. The molecule has 1 aliphatic carbocycles. The van der Waals surface area contributed by atoms with Crippen LogP contribution in [0.2, 0.25) is 0 Å². The Morgan fingerprint density at radius 2 is 1.95 bits per heavy atom. The molecule has 0 aromatic heterocycles. The molecule has 0 fully saturated rings. The Morgan fingerprint density at radius 3 is 2.76 bits per heavy atom. The van der Waals surface area contributed by atoms with Gasteiger partial charge in [-0.3, -0.25) is 0 Å². The van der Waals surface area contributed by atoms with Crippen LogP contribution in [0.1, 0.15) is 34.7 Å². The molecule has 1 unspecified atom stereocenters. The van der Waals surface area contributed by atoms with Crippen molar-refractivity contribution in [1.29, 1.82) is 0 Å². The van der Waals surface area contributed by atoms with E-state index in [9.17, 15) is 0 Å². The molecule has 3 rings (SSSR count). The number of aryl methyl sites for hydroxylation is 2. The second-order valence-electron chi connectivity index (χ2n) is 5.65. The average molecular weight is 346 g/mol. The van der Waals surface area contributed by atoms with Crippen LogP contribution < -0.4 is 10.5 Å². The lowest BCUT2D eigenvalue weighted by atomic mass is 9.96. The van der Waals surface area contributed by atoms with Crippen molar-refractivity contribution in [3.05, 3.63) is 63.1 Å². The quantitative estimate of drug-likeness (QED) is 0.901. The minimum absolute atomic E-state index is 0.0132. The number of halogens is 1. The van der Waals surface area contributed by atoms with Crippen molar-refractivity contribution < 1.29 is 4.74 Å². The highest BCUT2D eigenvalue weighted by Crippen LogP contribution is 2.29. The fraction of sp³-hybridized carbons (Fsp3) is 0.333. The van der Waals surface area contributed by atoms with Crippen molar-refractivity contribution in [3.63, 3.8) is 0 Å². The molecule has 3 heteroatoms. The monoisotopic (exact) mass is 345 g/mol. The van der Waals surface area contributed by atoms with Crippen LogP contribution in [0.4, 0.5) is 0 Å². The summed E-state index contributed by atoms with van der Waals surface area (Å²) in [4.78, 5) is 0. The SMILES string of the molecule is COc1ccc(Br)c(CC(N)c2ccc3c(c2)CCC3)c1. The van der Waals surface area contributed by atoms with E-state index in [1.165, 1.54) is 41.5 Å². The molecular formula is C18H20BrNO. The molecule has 0 spiro atoms. The topological polar surface area (TPSA) is 35.2 Å². The Hall–Kier alpha value is -1.32. The molecule has 0 amide bonds. The third-order valence-electron chi connectivity index (χ3n) is 4.24. The number of benzene rings is 2. The van der Waals surface area contributed by atoms with Crippen molar-refractivity contribution in [2.24, 2.45) is 5.73 Å². The first-order valence-electron chi connectivity index (χ1n) is 7.37. The molecule has 2 nitrogen and oxygen atoms in total. The van der Waals surface area contributed by atoms with Crippen molar-refractivity contribution in [2.45, 2.75) is 31.7 Å². The van der Waals surface area contributed by atoms with E-state index in [1.807, 2.05) is 12.1 Å². The van der Waals surface area contributed by atoms with Gasteiger partial charge in [-0.1, -0.05) is 34.1 Å². The van der Waals surface area contributed by atoms with Gasteiger partial charge in [-0.2, -0.15) is 0 Å². The lowest BCUT2D eigenvalue weighted by Crippen LogP contribution is -2.14. The van der Waals surface area contributed by atoms with Crippen LogP contribution in [0.5, 0.6) is 5.75 Å². The molecule has 2 aromatic carbocycles. The molecule has 0 heterocycles. The van der Waals surface area contributed by atoms with Crippen molar-refractivity contribution in [3.8, 4) is 5.75 Å². The molecule has 0 aliphatic heterocycles. The molecule has 0 saturated heterocycles. The maximum atomic E-state index is 6.42. The number of rotatable bonds is 4. The first-order valence-corrected chi connectivity index (χ1v) is 8.16. The summed E-state index contributed by atoms with van der Waals surface area (Å²) in [5.74, 6) is 0.870. The van der Waals surface area contributed by atoms with Crippen LogP contribution in [0.25, 0.3) is 0 Å². The van der Waals surface area contributed by atoms with Crippen LogP contribution in [0, 0.1) is 0 Å². The average Bonchev–Trinajstić information content (AvgIpc) is 2.96. The van der Waals surface area contributed by atoms with Crippen molar-refractivity contribution >= 4 is 15.9 Å². The van der Waals surface area contributed by atoms with Crippen LogP contribution in [-0.4, -0.2) is 7.11 Å². The molecule has 0 bridgehead atoms. The minimum Gasteiger partial charge on any atom is -0.497 e. The highest BCUT2D eigenvalue weighted by molar-refractivity contribution is 9.10. The maximum Gasteiger partial charge on any atom is 0.119 e. The molecule has 2 N–H and O–H groups in total. The number of hydrogen-bond donors (Lipinski definition) is 1. The fourth-order valence-corrected chi connectivity index (χ4v) is 3.42. The highest BCUT2D eigenvalue weighted by Gasteiger charge is 2.15. The largest absolute Gasteiger partial charge is 0.497 e. The lowest BCUT2D eigenvalue weighted by molar-refractivity contribution is 0.414. The lowest BCUT2D eigenvalue weighted by Gasteiger charge is -2.15. The molecule has 21 heavy (non-hydrogen) atoms. The van der Waals surface area contributed by atoms with Crippen LogP contribution in [0.15, 0.2) is 40.9 Å². The van der Waals surface area contributed by atoms with E-state index in [1.54, 1.807) is 7.11 Å². The van der Waals surface area contributed by atoms with Gasteiger partial charge in [0.25, 0.3) is 0 Å². The highest BCUT2D eigenvalue weighted by atomic mass is 79.9. The Labute approximate surface area is 134 Å². The predicted octanol–water partition coefficient (Wildman–Crippen LogP) is 4.19. The summed E-state index contributed by atoms with van der Waals surface area (Å²) in [7, 11) is 1.69. The fourth-order valence-electron chi connectivity index (χ4n) is 3.01. The third-order valence-corrected chi connectivity index (χ3v) is 5.02. The Balaban J connectivity index is 1.81. The molecule has 0 saturated carbocycles. The van der Waals surface area contributed by atoms with E-state index in [4.69, 9.17) is 10.5 Å². The minimum atomic E-state index is 0.0132. The second kappa shape index (κ2) is 6.20. The van der Waals surface area contributed by atoms with E-state index in [0.29, 0.717) is 0 Å². The standard InChI is InChI=1S/C18H20BrNO/c1-21-16-7-8-17(19)15(10-16)11-18(20)14-6-5-12-3-2-4-13(12)9-14/h5-10,18H,2-4,11,20H2,1H3. The molecule has 1 aliphatic rings. The van der Waals surface area contributed by atoms with Crippen LogP contribution in [0.3, 0.4) is 0 Å². The third kappa shape index (κ3) is 3.14. The van der Waals surface area contributed by atoms with Crippen molar-refractivity contribution in [1.82, 2.24) is 0 Å². The number of nitrogens with two attached hydrogens (primary N) is 1. The molecule has 1 atom stereocenters. The van der Waals surface area contributed by atoms with Gasteiger partial charge >= 0.3 is 0 Å². The summed E-state index contributed by atoms with van der Waals surface area (Å²) in [5, 5.41) is 0. The molecule has 2 aromatic rings. The number of ether oxygens (including phenoxy) is 1. The normalized spacial score (nSPS) is 14.8. The molecule has 110 valence electrons. The summed E-state index contributed by atoms with van der Waals surface area (Å²) in [6.45, 7) is 0. The number of methoxy groups -OCH3 is 1. The van der Waals surface area contributed by atoms with Crippen LogP contribution in [-0.2, 0) is 19.3 Å². The van der Waals surface area contributed by atoms with E-state index >= 15 is 0 Å². The van der Waals surface area contributed by atoms with E-state index in [-0.39, 0.29) is 6.04 Å². The summed E-state index contributed by atoms with van der Waals surface area (Å²) in [5.41, 5.74) is 11.8. The van der Waals surface area contributed by atoms with Gasteiger partial charge < -0.3 is 10.5 Å². The number of fused-ring (bicyclic) bond motifs is 1. The van der Waals surface area contributed by atoms with Gasteiger partial charge in [-0.25, -0.2) is 0 Å². The summed E-state index contributed by atoms with van der Waals surface area (Å²) in [6.07, 6.45) is 4.48. The Morgan fingerprint density at radius 1 is 1.14 bits per heavy atom. The Kier molecular flexibility index (Phi) is 4.32. The first kappa shape index (κ1) is 14.6. The van der Waals surface area contributed by atoms with E-state index in [2.05, 4.69) is 40.2 Å². The summed E-state index contributed by atoms with van der Waals surface area (Å²) < 4.78 is 6.38. The summed E-state index contributed by atoms with van der Waals surface area (Å²) >= 11 is 3.60. The van der Waals surface area contributed by atoms with Crippen LogP contribution >= 0.6 is 15.9 Å². The maximum absolute atomic E-state index is 6.42. The van der Waals surface area contributed by atoms with E-state index < -0.39 is 0 Å². The zero-order valence-corrected chi connectivity index (χ0v) is 13.8. The van der Waals surface area contributed by atoms with Gasteiger partial charge in [0.2, 0.25) is 0 Å². The van der Waals surface area contributed by atoms with Gasteiger partial charge in [0.1, 0.15) is 5.75 Å². The zero-order valence-electron chi connectivity index (χ0n) is 12.2. The predicted molar refractivity (Wildman–Crippen MR) is 89.8 cm³/mol. The van der Waals surface area contributed by atoms with Gasteiger partial charge in [-0.05, 0) is 66.1 Å². The van der Waals surface area contributed by atoms with Gasteiger partial charge in [0, 0.05) is 10.5 Å². The van der Waals surface area contributed by atoms with Gasteiger partial charge in [-0.15, -0.1) is 0 Å². The smallest absolute Gasteiger partial charge is 0.119 e. The number of hydrogen-bond acceptors (Lipinski definition) is 2. The van der Waals surface area contributed by atoms with Crippen molar-refractivity contribution in [2.75, 3.05) is 7.11 Å². The summed E-state index contributed by atoms with van der Waals surface area (Å²) in [6, 6.07) is 12.8. The second-order valence-corrected chi connectivity index (χ2v) is 6.50. The first-order chi connectivity index (χ1) is 10.2. The van der Waals surface area contributed by atoms with Gasteiger partial charge in [0.05, 0.1) is 7.11 Å². The van der Waals surface area contributed by atoms with Gasteiger partial charge in [0.15, 0.2) is 0 Å². The molecule has 0 radical (unpaired) electrons. The zero-order chi connectivity index (χ0) is 14.8. The Bertz CT molecular complexity index is 654. The van der Waals surface area contributed by atoms with E-state index in [0.717, 1.165) is 16.6 Å².